The summed E-state index contributed by atoms with van der Waals surface area (Å²) in [5, 5.41) is 5.55. The number of ether oxygens (including phenoxy) is 1. The van der Waals surface area contributed by atoms with Gasteiger partial charge in [0.2, 0.25) is 5.91 Å². The summed E-state index contributed by atoms with van der Waals surface area (Å²) in [6, 6.07) is 8.94. The van der Waals surface area contributed by atoms with E-state index in [0.717, 1.165) is 11.3 Å². The number of rotatable bonds is 6. The molecule has 2 aromatic rings. The molecule has 0 unspecified atom stereocenters. The van der Waals surface area contributed by atoms with Gasteiger partial charge in [0.25, 0.3) is 5.91 Å². The van der Waals surface area contributed by atoms with Crippen LogP contribution < -0.4 is 10.6 Å². The van der Waals surface area contributed by atoms with Crippen molar-refractivity contribution in [3.63, 3.8) is 0 Å². The molecule has 0 saturated carbocycles. The van der Waals surface area contributed by atoms with Gasteiger partial charge in [-0.25, -0.2) is 4.79 Å². The van der Waals surface area contributed by atoms with Crippen LogP contribution in [0.2, 0.25) is 0 Å². The van der Waals surface area contributed by atoms with E-state index in [4.69, 9.17) is 16.3 Å². The van der Waals surface area contributed by atoms with Gasteiger partial charge >= 0.3 is 5.97 Å². The highest BCUT2D eigenvalue weighted by Crippen LogP contribution is 2.34. The molecule has 0 fully saturated rings. The lowest BCUT2D eigenvalue weighted by molar-refractivity contribution is -0.113. The lowest BCUT2D eigenvalue weighted by atomic mass is 10.1. The molecule has 0 radical (unpaired) electrons. The molecule has 8 heteroatoms. The Kier molecular flexibility index (Phi) is 6.55. The Labute approximate surface area is 154 Å². The van der Waals surface area contributed by atoms with E-state index in [9.17, 15) is 14.4 Å². The van der Waals surface area contributed by atoms with Crippen LogP contribution in [0.5, 0.6) is 0 Å². The summed E-state index contributed by atoms with van der Waals surface area (Å²) >= 11 is 6.52. The largest absolute Gasteiger partial charge is 0.462 e. The van der Waals surface area contributed by atoms with Crippen LogP contribution in [0.15, 0.2) is 30.3 Å². The molecule has 6 nitrogen and oxygen atoms in total. The first-order valence-corrected chi connectivity index (χ1v) is 8.85. The highest BCUT2D eigenvalue weighted by Gasteiger charge is 2.26. The maximum absolute atomic E-state index is 12.5. The van der Waals surface area contributed by atoms with Crippen molar-refractivity contribution in [1.82, 2.24) is 0 Å². The molecule has 25 heavy (non-hydrogen) atoms. The van der Waals surface area contributed by atoms with Gasteiger partial charge in [-0.2, -0.15) is 0 Å². The summed E-state index contributed by atoms with van der Waals surface area (Å²) in [7, 11) is 0. The summed E-state index contributed by atoms with van der Waals surface area (Å²) in [6.45, 7) is 3.50. The number of nitrogens with one attached hydrogen (secondary N) is 2. The predicted molar refractivity (Wildman–Crippen MR) is 98.8 cm³/mol. The molecule has 132 valence electrons. The molecule has 0 bridgehead atoms. The van der Waals surface area contributed by atoms with E-state index in [0.29, 0.717) is 16.1 Å². The molecule has 1 aromatic heterocycles. The zero-order valence-electron chi connectivity index (χ0n) is 13.7. The lowest BCUT2D eigenvalue weighted by Crippen LogP contribution is -2.15. The number of amides is 2. The number of hydrogen-bond acceptors (Lipinski definition) is 5. The van der Waals surface area contributed by atoms with Crippen LogP contribution in [0.1, 0.15) is 32.5 Å². The lowest BCUT2D eigenvalue weighted by Gasteiger charge is -2.06. The Morgan fingerprint density at radius 2 is 1.84 bits per heavy atom. The number of alkyl halides is 1. The third-order valence-electron chi connectivity index (χ3n) is 3.24. The van der Waals surface area contributed by atoms with Crippen LogP contribution in [0.25, 0.3) is 0 Å². The molecule has 1 heterocycles. The standard InChI is InChI=1S/C17H17ClN2O4S/c1-3-24-17(23)13-10(2)14(25-16(13)20-12(21)9-18)15(22)19-11-7-5-4-6-8-11/h4-8H,3,9H2,1-2H3,(H,19,22)(H,20,21). The highest BCUT2D eigenvalue weighted by molar-refractivity contribution is 7.19. The number of para-hydroxylation sites is 1. The van der Waals surface area contributed by atoms with Gasteiger partial charge < -0.3 is 15.4 Å². The van der Waals surface area contributed by atoms with Gasteiger partial charge in [-0.1, -0.05) is 18.2 Å². The fraction of sp³-hybridized carbons (Fsp3) is 0.235. The number of thiophene rings is 1. The molecule has 0 saturated heterocycles. The van der Waals surface area contributed by atoms with Gasteiger partial charge in [-0.3, -0.25) is 9.59 Å². The number of hydrogen-bond donors (Lipinski definition) is 2. The number of esters is 1. The van der Waals surface area contributed by atoms with Gasteiger partial charge in [0.1, 0.15) is 10.9 Å². The highest BCUT2D eigenvalue weighted by atomic mass is 35.5. The van der Waals surface area contributed by atoms with Gasteiger partial charge in [-0.05, 0) is 31.5 Å². The fourth-order valence-electron chi connectivity index (χ4n) is 2.14. The summed E-state index contributed by atoms with van der Waals surface area (Å²) in [5.41, 5.74) is 1.25. The zero-order chi connectivity index (χ0) is 18.4. The second kappa shape index (κ2) is 8.64. The predicted octanol–water partition coefficient (Wildman–Crippen LogP) is 3.66. The Hall–Kier alpha value is -2.38. The molecule has 0 aliphatic heterocycles. The summed E-state index contributed by atoms with van der Waals surface area (Å²) in [5.74, 6) is -1.70. The van der Waals surface area contributed by atoms with E-state index in [1.165, 1.54) is 0 Å². The molecule has 1 aromatic carbocycles. The third kappa shape index (κ3) is 4.58. The van der Waals surface area contributed by atoms with Crippen LogP contribution in [0.3, 0.4) is 0 Å². The average Bonchev–Trinajstić information content (AvgIpc) is 2.92. The summed E-state index contributed by atoms with van der Waals surface area (Å²) < 4.78 is 5.03. The van der Waals surface area contributed by atoms with Crippen LogP contribution in [0, 0.1) is 6.92 Å². The molecule has 2 rings (SSSR count). The second-order valence-corrected chi connectivity index (χ2v) is 6.27. The number of anilines is 2. The molecule has 0 atom stereocenters. The number of benzene rings is 1. The maximum atomic E-state index is 12.5. The van der Waals surface area contributed by atoms with Crippen molar-refractivity contribution in [2.24, 2.45) is 0 Å². The van der Waals surface area contributed by atoms with Crippen LogP contribution >= 0.6 is 22.9 Å². The molecule has 0 spiro atoms. The third-order valence-corrected chi connectivity index (χ3v) is 4.69. The Bertz CT molecular complexity index is 789. The van der Waals surface area contributed by atoms with Crippen molar-refractivity contribution in [3.05, 3.63) is 46.3 Å². The Balaban J connectivity index is 2.37. The minimum atomic E-state index is -0.597. The molecule has 2 amide bonds. The number of carbonyl (C=O) groups excluding carboxylic acids is 3. The van der Waals surface area contributed by atoms with Crippen LogP contribution in [-0.4, -0.2) is 30.3 Å². The fourth-order valence-corrected chi connectivity index (χ4v) is 3.31. The minimum absolute atomic E-state index is 0.170. The van der Waals surface area contributed by atoms with E-state index in [1.54, 1.807) is 38.1 Å². The average molecular weight is 381 g/mol. The first-order valence-electron chi connectivity index (χ1n) is 7.50. The van der Waals surface area contributed by atoms with Crippen molar-refractivity contribution in [1.29, 1.82) is 0 Å². The molecular formula is C17H17ClN2O4S. The minimum Gasteiger partial charge on any atom is -0.462 e. The quantitative estimate of drug-likeness (QED) is 0.591. The van der Waals surface area contributed by atoms with E-state index < -0.39 is 11.9 Å². The topological polar surface area (TPSA) is 84.5 Å². The first-order chi connectivity index (χ1) is 12.0. The zero-order valence-corrected chi connectivity index (χ0v) is 15.3. The van der Waals surface area contributed by atoms with E-state index in [1.807, 2.05) is 6.07 Å². The van der Waals surface area contributed by atoms with E-state index in [2.05, 4.69) is 10.6 Å². The molecule has 0 aliphatic rings. The van der Waals surface area contributed by atoms with E-state index >= 15 is 0 Å². The van der Waals surface area contributed by atoms with Gasteiger partial charge in [0.15, 0.2) is 0 Å². The normalized spacial score (nSPS) is 10.2. The van der Waals surface area contributed by atoms with Crippen LogP contribution in [0.4, 0.5) is 10.7 Å². The maximum Gasteiger partial charge on any atom is 0.341 e. The number of halogens is 1. The van der Waals surface area contributed by atoms with Gasteiger partial charge in [-0.15, -0.1) is 22.9 Å². The van der Waals surface area contributed by atoms with Crippen molar-refractivity contribution in [2.75, 3.05) is 23.1 Å². The number of carbonyl (C=O) groups is 3. The molecule has 0 aliphatic carbocycles. The SMILES string of the molecule is CCOC(=O)c1c(NC(=O)CCl)sc(C(=O)Nc2ccccc2)c1C. The molecule has 2 N–H and O–H groups in total. The van der Waals surface area contributed by atoms with Gasteiger partial charge in [0, 0.05) is 5.69 Å². The smallest absolute Gasteiger partial charge is 0.341 e. The van der Waals surface area contributed by atoms with E-state index in [-0.39, 0.29) is 29.0 Å². The van der Waals surface area contributed by atoms with Crippen LogP contribution in [-0.2, 0) is 9.53 Å². The van der Waals surface area contributed by atoms with Crippen molar-refractivity contribution >= 4 is 51.4 Å². The van der Waals surface area contributed by atoms with Crippen molar-refractivity contribution in [3.8, 4) is 0 Å². The Morgan fingerprint density at radius 1 is 1.16 bits per heavy atom. The van der Waals surface area contributed by atoms with Crippen molar-refractivity contribution < 1.29 is 19.1 Å². The summed E-state index contributed by atoms with van der Waals surface area (Å²) in [6.07, 6.45) is 0. The summed E-state index contributed by atoms with van der Waals surface area (Å²) in [4.78, 5) is 36.7. The monoisotopic (exact) mass is 380 g/mol. The van der Waals surface area contributed by atoms with Gasteiger partial charge in [0.05, 0.1) is 17.0 Å². The van der Waals surface area contributed by atoms with Crippen molar-refractivity contribution in [2.45, 2.75) is 13.8 Å². The first kappa shape index (κ1) is 19.0. The Morgan fingerprint density at radius 3 is 2.44 bits per heavy atom. The molecular weight excluding hydrogens is 364 g/mol. The second-order valence-electron chi connectivity index (χ2n) is 4.98.